The highest BCUT2D eigenvalue weighted by molar-refractivity contribution is 6.14. The number of hydrogen-bond donors (Lipinski definition) is 0. The van der Waals surface area contributed by atoms with Gasteiger partial charge in [0.05, 0.1) is 0 Å². The van der Waals surface area contributed by atoms with Gasteiger partial charge in [0, 0.05) is 17.1 Å². The molecule has 0 aliphatic carbocycles. The van der Waals surface area contributed by atoms with Crippen molar-refractivity contribution in [1.29, 1.82) is 0 Å². The molecule has 7 aromatic carbocycles. The molecule has 0 aliphatic heterocycles. The van der Waals surface area contributed by atoms with Gasteiger partial charge >= 0.3 is 0 Å². The molecule has 0 N–H and O–H groups in total. The molecule has 1 nitrogen and oxygen atoms in total. The van der Waals surface area contributed by atoms with Crippen LogP contribution in [0.25, 0.3) is 45.8 Å². The van der Waals surface area contributed by atoms with E-state index in [9.17, 15) is 0 Å². The van der Waals surface area contributed by atoms with Crippen LogP contribution in [0.5, 0.6) is 0 Å². The third-order valence-electron chi connectivity index (χ3n) is 7.88. The van der Waals surface area contributed by atoms with Gasteiger partial charge in [0.25, 0.3) is 0 Å². The first-order chi connectivity index (χ1) is 21.3. The summed E-state index contributed by atoms with van der Waals surface area (Å²) in [6.45, 7) is 0. The third-order valence-corrected chi connectivity index (χ3v) is 7.88. The fraction of sp³-hybridized carbons (Fsp3) is 0. The van der Waals surface area contributed by atoms with E-state index in [1.54, 1.807) is 0 Å². The molecular formula is C42H31N. The lowest BCUT2D eigenvalue weighted by Gasteiger charge is -2.25. The van der Waals surface area contributed by atoms with Crippen molar-refractivity contribution in [3.8, 4) is 0 Å². The number of fused-ring (bicyclic) bond motifs is 2. The molecule has 0 spiro atoms. The van der Waals surface area contributed by atoms with Gasteiger partial charge in [-0.05, 0) is 80.2 Å². The minimum absolute atomic E-state index is 1.13. The van der Waals surface area contributed by atoms with E-state index in [0.29, 0.717) is 0 Å². The van der Waals surface area contributed by atoms with Crippen molar-refractivity contribution in [3.05, 3.63) is 186 Å². The summed E-state index contributed by atoms with van der Waals surface area (Å²) in [5.41, 5.74) is 8.24. The molecule has 0 fully saturated rings. The van der Waals surface area contributed by atoms with Gasteiger partial charge < -0.3 is 4.90 Å². The van der Waals surface area contributed by atoms with Crippen LogP contribution in [0.1, 0.15) is 22.3 Å². The van der Waals surface area contributed by atoms with E-state index in [1.807, 2.05) is 0 Å². The maximum absolute atomic E-state index is 2.29. The lowest BCUT2D eigenvalue weighted by Crippen LogP contribution is -2.09. The standard InChI is InChI=1S/C42H31N/c1-4-14-32(15-5-1)26-30-41-37-20-10-12-22-39(37)42(40-23-13-11-21-38(40)41)31-27-33-24-28-36(29-25-33)43(34-16-6-2-7-17-34)35-18-8-3-9-19-35/h1-31H. The molecule has 0 saturated carbocycles. The SMILES string of the molecule is C(=Cc1c2ccccc2c(C=Cc2ccc(N(c3ccccc3)c3ccccc3)cc2)c2ccccc12)c1ccccc1. The van der Waals surface area contributed by atoms with E-state index in [-0.39, 0.29) is 0 Å². The smallest absolute Gasteiger partial charge is 0.0462 e. The molecule has 0 saturated heterocycles. The number of anilines is 3. The highest BCUT2D eigenvalue weighted by atomic mass is 15.1. The molecule has 1 heteroatoms. The van der Waals surface area contributed by atoms with Crippen LogP contribution in [0.3, 0.4) is 0 Å². The lowest BCUT2D eigenvalue weighted by atomic mass is 9.91. The molecule has 0 heterocycles. The third kappa shape index (κ3) is 5.49. The Morgan fingerprint density at radius 1 is 0.279 bits per heavy atom. The van der Waals surface area contributed by atoms with Gasteiger partial charge in [-0.2, -0.15) is 0 Å². The van der Waals surface area contributed by atoms with E-state index in [2.05, 4.69) is 193 Å². The van der Waals surface area contributed by atoms with Crippen LogP contribution < -0.4 is 4.90 Å². The molecule has 0 radical (unpaired) electrons. The predicted octanol–water partition coefficient (Wildman–Crippen LogP) is 11.8. The summed E-state index contributed by atoms with van der Waals surface area (Å²) < 4.78 is 0. The average Bonchev–Trinajstić information content (AvgIpc) is 3.08. The molecule has 0 aliphatic rings. The van der Waals surface area contributed by atoms with Crippen LogP contribution in [0, 0.1) is 0 Å². The Labute approximate surface area is 253 Å². The zero-order valence-electron chi connectivity index (χ0n) is 23.8. The monoisotopic (exact) mass is 549 g/mol. The molecule has 0 amide bonds. The van der Waals surface area contributed by atoms with Gasteiger partial charge in [-0.1, -0.05) is 152 Å². The molecule has 0 unspecified atom stereocenters. The molecule has 0 bridgehead atoms. The molecule has 7 rings (SSSR count). The fourth-order valence-corrected chi connectivity index (χ4v) is 5.81. The highest BCUT2D eigenvalue weighted by Gasteiger charge is 2.12. The lowest BCUT2D eigenvalue weighted by molar-refractivity contribution is 1.28. The summed E-state index contributed by atoms with van der Waals surface area (Å²) in [6.07, 6.45) is 8.97. The zero-order valence-corrected chi connectivity index (χ0v) is 23.8. The summed E-state index contributed by atoms with van der Waals surface area (Å²) in [7, 11) is 0. The first-order valence-electron chi connectivity index (χ1n) is 14.7. The van der Waals surface area contributed by atoms with Gasteiger partial charge in [0.15, 0.2) is 0 Å². The minimum Gasteiger partial charge on any atom is -0.311 e. The highest BCUT2D eigenvalue weighted by Crippen LogP contribution is 2.36. The second-order valence-electron chi connectivity index (χ2n) is 10.6. The predicted molar refractivity (Wildman–Crippen MR) is 187 cm³/mol. The Bertz CT molecular complexity index is 1940. The van der Waals surface area contributed by atoms with Crippen LogP contribution >= 0.6 is 0 Å². The normalized spacial score (nSPS) is 11.5. The van der Waals surface area contributed by atoms with Crippen molar-refractivity contribution in [2.24, 2.45) is 0 Å². The van der Waals surface area contributed by atoms with Crippen LogP contribution in [-0.2, 0) is 0 Å². The van der Waals surface area contributed by atoms with Crippen molar-refractivity contribution in [3.63, 3.8) is 0 Å². The summed E-state index contributed by atoms with van der Waals surface area (Å²) in [4.78, 5) is 2.29. The van der Waals surface area contributed by atoms with Gasteiger partial charge in [-0.15, -0.1) is 0 Å². The van der Waals surface area contributed by atoms with Crippen LogP contribution in [0.4, 0.5) is 17.1 Å². The fourth-order valence-electron chi connectivity index (χ4n) is 5.81. The van der Waals surface area contributed by atoms with E-state index in [0.717, 1.165) is 22.6 Å². The van der Waals surface area contributed by atoms with Crippen molar-refractivity contribution in [2.75, 3.05) is 4.90 Å². The molecule has 204 valence electrons. The molecule has 7 aromatic rings. The first kappa shape index (κ1) is 26.3. The Morgan fingerprint density at radius 3 is 1.02 bits per heavy atom. The summed E-state index contributed by atoms with van der Waals surface area (Å²) >= 11 is 0. The van der Waals surface area contributed by atoms with E-state index in [1.165, 1.54) is 38.2 Å². The van der Waals surface area contributed by atoms with Crippen molar-refractivity contribution >= 4 is 62.9 Å². The Balaban J connectivity index is 1.27. The Morgan fingerprint density at radius 2 is 0.605 bits per heavy atom. The average molecular weight is 550 g/mol. The molecule has 43 heavy (non-hydrogen) atoms. The second-order valence-corrected chi connectivity index (χ2v) is 10.6. The van der Waals surface area contributed by atoms with Gasteiger partial charge in [0.1, 0.15) is 0 Å². The first-order valence-corrected chi connectivity index (χ1v) is 14.7. The van der Waals surface area contributed by atoms with Crippen molar-refractivity contribution in [1.82, 2.24) is 0 Å². The van der Waals surface area contributed by atoms with Crippen LogP contribution in [-0.4, -0.2) is 0 Å². The minimum atomic E-state index is 1.13. The quantitative estimate of drug-likeness (QED) is 0.141. The maximum atomic E-state index is 2.29. The van der Waals surface area contributed by atoms with Crippen LogP contribution in [0.15, 0.2) is 164 Å². The topological polar surface area (TPSA) is 3.24 Å². The summed E-state index contributed by atoms with van der Waals surface area (Å²) in [5.74, 6) is 0. The number of para-hydroxylation sites is 2. The molecule has 0 atom stereocenters. The number of benzene rings is 7. The maximum Gasteiger partial charge on any atom is 0.0462 e. The van der Waals surface area contributed by atoms with E-state index >= 15 is 0 Å². The molecular weight excluding hydrogens is 518 g/mol. The van der Waals surface area contributed by atoms with Crippen molar-refractivity contribution in [2.45, 2.75) is 0 Å². The Kier molecular flexibility index (Phi) is 7.36. The van der Waals surface area contributed by atoms with Gasteiger partial charge in [-0.25, -0.2) is 0 Å². The van der Waals surface area contributed by atoms with Crippen molar-refractivity contribution < 1.29 is 0 Å². The number of nitrogens with zero attached hydrogens (tertiary/aromatic N) is 1. The van der Waals surface area contributed by atoms with Gasteiger partial charge in [0.2, 0.25) is 0 Å². The van der Waals surface area contributed by atoms with Gasteiger partial charge in [-0.3, -0.25) is 0 Å². The second kappa shape index (κ2) is 12.1. The van der Waals surface area contributed by atoms with Crippen LogP contribution in [0.2, 0.25) is 0 Å². The van der Waals surface area contributed by atoms with E-state index < -0.39 is 0 Å². The Hall–Kier alpha value is -5.66. The largest absolute Gasteiger partial charge is 0.311 e. The number of hydrogen-bond acceptors (Lipinski definition) is 1. The zero-order chi connectivity index (χ0) is 28.8. The summed E-state index contributed by atoms with van der Waals surface area (Å²) in [5, 5.41) is 5.01. The van der Waals surface area contributed by atoms with E-state index in [4.69, 9.17) is 0 Å². The molecule has 0 aromatic heterocycles. The summed E-state index contributed by atoms with van der Waals surface area (Å²) in [6, 6.07) is 57.8. The number of rotatable bonds is 7.